The summed E-state index contributed by atoms with van der Waals surface area (Å²) in [5, 5.41) is 0.671. The molecule has 5 rings (SSSR count). The molecule has 1 amide bonds. The van der Waals surface area contributed by atoms with Gasteiger partial charge in [-0.25, -0.2) is 4.99 Å². The van der Waals surface area contributed by atoms with Crippen molar-refractivity contribution >= 4 is 40.3 Å². The quantitative estimate of drug-likeness (QED) is 0.508. The lowest BCUT2D eigenvalue weighted by molar-refractivity contribution is -0.121. The van der Waals surface area contributed by atoms with E-state index in [0.29, 0.717) is 10.1 Å². The summed E-state index contributed by atoms with van der Waals surface area (Å²) in [4.78, 5) is 22.1. The van der Waals surface area contributed by atoms with Crippen LogP contribution in [0.1, 0.15) is 5.56 Å². The third-order valence-corrected chi connectivity index (χ3v) is 6.90. The van der Waals surface area contributed by atoms with E-state index >= 15 is 0 Å². The number of hydrogen-bond donors (Lipinski definition) is 0. The number of amides is 1. The summed E-state index contributed by atoms with van der Waals surface area (Å²) in [6.07, 6.45) is 5.89. The molecule has 3 aromatic rings. The van der Waals surface area contributed by atoms with Crippen molar-refractivity contribution in [1.82, 2.24) is 9.47 Å². The monoisotopic (exact) mass is 474 g/mol. The second kappa shape index (κ2) is 9.79. The number of nitrogens with zero attached hydrogens (tertiary/aromatic N) is 4. The van der Waals surface area contributed by atoms with Crippen LogP contribution in [0.15, 0.2) is 76.9 Å². The SMILES string of the molecule is COc1ccc(-n2ccc(/C=C3/SC(=Nc4ccc(N5CCOCC5)cc4)N(C)C3=O)c2)cc1. The van der Waals surface area contributed by atoms with Gasteiger partial charge in [-0.1, -0.05) is 0 Å². The van der Waals surface area contributed by atoms with Crippen molar-refractivity contribution in [3.63, 3.8) is 0 Å². The van der Waals surface area contributed by atoms with Crippen LogP contribution >= 0.6 is 11.8 Å². The largest absolute Gasteiger partial charge is 0.497 e. The minimum absolute atomic E-state index is 0.0501. The standard InChI is InChI=1S/C26H26N4O3S/c1-28-25(31)24(17-19-11-12-30(18-19)22-7-9-23(32-2)10-8-22)34-26(28)27-20-3-5-21(6-4-20)29-13-15-33-16-14-29/h3-12,17-18H,13-16H2,1-2H3/b24-17+,27-26?. The Morgan fingerprint density at radius 3 is 2.41 bits per heavy atom. The Kier molecular flexibility index (Phi) is 6.42. The molecule has 0 bridgehead atoms. The first-order chi connectivity index (χ1) is 16.6. The number of thioether (sulfide) groups is 1. The fourth-order valence-electron chi connectivity index (χ4n) is 3.89. The molecule has 1 aromatic heterocycles. The molecule has 7 nitrogen and oxygen atoms in total. The second-order valence-corrected chi connectivity index (χ2v) is 9.04. The number of hydrogen-bond acceptors (Lipinski definition) is 6. The molecule has 3 heterocycles. The van der Waals surface area contributed by atoms with Crippen molar-refractivity contribution in [3.05, 3.63) is 77.5 Å². The number of aliphatic imine (C=N–C) groups is 1. The van der Waals surface area contributed by atoms with Crippen LogP contribution in [0.4, 0.5) is 11.4 Å². The predicted molar refractivity (Wildman–Crippen MR) is 137 cm³/mol. The molecular weight excluding hydrogens is 448 g/mol. The lowest BCUT2D eigenvalue weighted by Gasteiger charge is -2.28. The summed E-state index contributed by atoms with van der Waals surface area (Å²) in [5.41, 5.74) is 3.97. The molecule has 0 N–H and O–H groups in total. The van der Waals surface area contributed by atoms with Gasteiger partial charge in [-0.05, 0) is 78.0 Å². The molecule has 2 aliphatic rings. The van der Waals surface area contributed by atoms with Gasteiger partial charge in [-0.2, -0.15) is 0 Å². The van der Waals surface area contributed by atoms with E-state index < -0.39 is 0 Å². The molecule has 8 heteroatoms. The first-order valence-corrected chi connectivity index (χ1v) is 11.9. The summed E-state index contributed by atoms with van der Waals surface area (Å²) in [6, 6.07) is 18.0. The first-order valence-electron chi connectivity index (χ1n) is 11.1. The molecule has 2 aromatic carbocycles. The van der Waals surface area contributed by atoms with Crippen molar-refractivity contribution in [2.45, 2.75) is 0 Å². The van der Waals surface area contributed by atoms with Crippen LogP contribution in [0.5, 0.6) is 5.75 Å². The molecule has 34 heavy (non-hydrogen) atoms. The Morgan fingerprint density at radius 1 is 1.00 bits per heavy atom. The van der Waals surface area contributed by atoms with Gasteiger partial charge in [0.25, 0.3) is 5.91 Å². The summed E-state index contributed by atoms with van der Waals surface area (Å²) >= 11 is 1.39. The molecule has 174 valence electrons. The Labute approximate surface area is 203 Å². The summed E-state index contributed by atoms with van der Waals surface area (Å²) in [6.45, 7) is 3.31. The van der Waals surface area contributed by atoms with Gasteiger partial charge >= 0.3 is 0 Å². The van der Waals surface area contributed by atoms with Gasteiger partial charge in [0.15, 0.2) is 5.17 Å². The predicted octanol–water partition coefficient (Wildman–Crippen LogP) is 4.56. The van der Waals surface area contributed by atoms with Crippen molar-refractivity contribution < 1.29 is 14.3 Å². The number of carbonyl (C=O) groups is 1. The van der Waals surface area contributed by atoms with Crippen molar-refractivity contribution in [1.29, 1.82) is 0 Å². The molecule has 0 spiro atoms. The number of benzene rings is 2. The van der Waals surface area contributed by atoms with E-state index in [4.69, 9.17) is 14.5 Å². The van der Waals surface area contributed by atoms with Crippen molar-refractivity contribution in [2.75, 3.05) is 45.4 Å². The third-order valence-electron chi connectivity index (χ3n) is 5.84. The average Bonchev–Trinajstić information content (AvgIpc) is 3.46. The van der Waals surface area contributed by atoms with E-state index in [-0.39, 0.29) is 5.91 Å². The minimum Gasteiger partial charge on any atom is -0.497 e. The van der Waals surface area contributed by atoms with Gasteiger partial charge in [-0.15, -0.1) is 0 Å². The van der Waals surface area contributed by atoms with Crippen LogP contribution in [0.3, 0.4) is 0 Å². The highest BCUT2D eigenvalue weighted by molar-refractivity contribution is 8.18. The summed E-state index contributed by atoms with van der Waals surface area (Å²) < 4.78 is 12.7. The Hall–Kier alpha value is -3.49. The molecule has 2 fully saturated rings. The van der Waals surface area contributed by atoms with E-state index in [1.54, 1.807) is 19.1 Å². The van der Waals surface area contributed by atoms with Crippen LogP contribution < -0.4 is 9.64 Å². The zero-order chi connectivity index (χ0) is 23.5. The van der Waals surface area contributed by atoms with Gasteiger partial charge in [-0.3, -0.25) is 9.69 Å². The summed E-state index contributed by atoms with van der Waals surface area (Å²) in [7, 11) is 3.42. The second-order valence-electron chi connectivity index (χ2n) is 8.04. The molecule has 0 radical (unpaired) electrons. The highest BCUT2D eigenvalue weighted by Crippen LogP contribution is 2.33. The minimum atomic E-state index is -0.0501. The fourth-order valence-corrected chi connectivity index (χ4v) is 4.87. The third kappa shape index (κ3) is 4.73. The Morgan fingerprint density at radius 2 is 1.71 bits per heavy atom. The molecule has 2 saturated heterocycles. The number of morpholine rings is 1. The maximum absolute atomic E-state index is 12.8. The van der Waals surface area contributed by atoms with E-state index in [1.165, 1.54) is 11.8 Å². The number of methoxy groups -OCH3 is 1. The zero-order valence-corrected chi connectivity index (χ0v) is 20.0. The fraction of sp³-hybridized carbons (Fsp3) is 0.231. The maximum atomic E-state index is 12.8. The van der Waals surface area contributed by atoms with E-state index in [9.17, 15) is 4.79 Å². The topological polar surface area (TPSA) is 59.3 Å². The number of anilines is 1. The van der Waals surface area contributed by atoms with Gasteiger partial charge in [0.2, 0.25) is 0 Å². The number of rotatable bonds is 5. The normalized spacial score (nSPS) is 18.8. The molecule has 0 unspecified atom stereocenters. The van der Waals surface area contributed by atoms with E-state index in [2.05, 4.69) is 17.0 Å². The van der Waals surface area contributed by atoms with Gasteiger partial charge in [0.1, 0.15) is 5.75 Å². The first kappa shape index (κ1) is 22.3. The van der Waals surface area contributed by atoms with Crippen molar-refractivity contribution in [2.24, 2.45) is 4.99 Å². The van der Waals surface area contributed by atoms with Gasteiger partial charge in [0, 0.05) is 43.9 Å². The van der Waals surface area contributed by atoms with Crippen LogP contribution in [0, 0.1) is 0 Å². The molecular formula is C26H26N4O3S. The summed E-state index contributed by atoms with van der Waals surface area (Å²) in [5.74, 6) is 0.766. The zero-order valence-electron chi connectivity index (χ0n) is 19.2. The van der Waals surface area contributed by atoms with Crippen LogP contribution in [0.2, 0.25) is 0 Å². The van der Waals surface area contributed by atoms with Crippen LogP contribution in [-0.4, -0.2) is 61.0 Å². The lowest BCUT2D eigenvalue weighted by Crippen LogP contribution is -2.36. The molecule has 0 saturated carbocycles. The Bertz CT molecular complexity index is 1230. The van der Waals surface area contributed by atoms with Gasteiger partial charge in [0.05, 0.1) is 30.9 Å². The number of amidine groups is 1. The number of aromatic nitrogens is 1. The van der Waals surface area contributed by atoms with Crippen LogP contribution in [-0.2, 0) is 9.53 Å². The maximum Gasteiger partial charge on any atom is 0.266 e. The lowest BCUT2D eigenvalue weighted by atomic mass is 10.2. The smallest absolute Gasteiger partial charge is 0.266 e. The molecule has 2 aliphatic heterocycles. The van der Waals surface area contributed by atoms with E-state index in [1.807, 2.05) is 65.5 Å². The number of carbonyl (C=O) groups excluding carboxylic acids is 1. The number of ether oxygens (including phenoxy) is 2. The molecule has 0 atom stereocenters. The highest BCUT2D eigenvalue weighted by atomic mass is 32.2. The van der Waals surface area contributed by atoms with E-state index in [0.717, 1.165) is 54.7 Å². The van der Waals surface area contributed by atoms with Crippen molar-refractivity contribution in [3.8, 4) is 11.4 Å². The number of likely N-dealkylation sites (N-methyl/N-ethyl adjacent to an activating group) is 1. The average molecular weight is 475 g/mol. The highest BCUT2D eigenvalue weighted by Gasteiger charge is 2.30. The van der Waals surface area contributed by atoms with Crippen LogP contribution in [0.25, 0.3) is 11.8 Å². The van der Waals surface area contributed by atoms with Gasteiger partial charge < -0.3 is 18.9 Å². The molecule has 0 aliphatic carbocycles. The Balaban J connectivity index is 1.31.